The number of nitrogens with zero attached hydrogens (tertiary/aromatic N) is 3. The van der Waals surface area contributed by atoms with Crippen molar-refractivity contribution in [1.82, 2.24) is 20.1 Å². The molecule has 8 heteroatoms. The Bertz CT molecular complexity index is 1150. The van der Waals surface area contributed by atoms with Crippen molar-refractivity contribution in [3.05, 3.63) is 41.9 Å². The summed E-state index contributed by atoms with van der Waals surface area (Å²) < 4.78 is 6.99. The molecule has 41 heavy (non-hydrogen) atoms. The average molecular weight is 579 g/mol. The van der Waals surface area contributed by atoms with Crippen molar-refractivity contribution in [3.8, 4) is 0 Å². The first-order chi connectivity index (χ1) is 20.0. The largest absolute Gasteiger partial charge is 0.371 e. The van der Waals surface area contributed by atoms with E-state index < -0.39 is 0 Å². The first-order valence-corrected chi connectivity index (χ1v) is 17.3. The second-order valence-corrected chi connectivity index (χ2v) is 14.9. The molecule has 5 fully saturated rings. The van der Waals surface area contributed by atoms with Crippen LogP contribution < -0.4 is 5.32 Å². The summed E-state index contributed by atoms with van der Waals surface area (Å²) in [4.78, 5) is 36.7. The number of carbonyl (C=O) groups excluding carboxylic acids is 2. The van der Waals surface area contributed by atoms with Crippen molar-refractivity contribution in [2.24, 2.45) is 17.8 Å². The molecule has 7 nitrogen and oxygen atoms in total. The highest BCUT2D eigenvalue weighted by Crippen LogP contribution is 2.51. The third-order valence-electron chi connectivity index (χ3n) is 11.3. The minimum Gasteiger partial charge on any atom is -0.371 e. The van der Waals surface area contributed by atoms with E-state index in [9.17, 15) is 9.59 Å². The average Bonchev–Trinajstić information content (AvgIpc) is 3.41. The summed E-state index contributed by atoms with van der Waals surface area (Å²) >= 11 is 1.93. The van der Waals surface area contributed by atoms with Crippen LogP contribution in [0.25, 0.3) is 0 Å². The van der Waals surface area contributed by atoms with E-state index in [4.69, 9.17) is 4.74 Å². The van der Waals surface area contributed by atoms with Gasteiger partial charge in [-0.3, -0.25) is 14.6 Å². The van der Waals surface area contributed by atoms with E-state index in [0.717, 1.165) is 56.2 Å². The standard InChI is InChI=1S/C33H46N4O3S/c1-36-14-4-7-24(36)10-13-35-33(39)27-19-37-28-15-22-5-2-3-6-23(22)16-29(28)40-30-18-25(17-26(31(30)37)32(27)38)41-20-21-8-11-34-12-9-21/h8-9,11-12,19,22-26,28-31H,2-7,10,13-18,20H2,1H3,(H,35,39). The molecular weight excluding hydrogens is 532 g/mol. The number of hydrogen-bond acceptors (Lipinski definition) is 7. The molecule has 0 aromatic carbocycles. The Labute approximate surface area is 249 Å². The number of pyridine rings is 1. The predicted molar refractivity (Wildman–Crippen MR) is 161 cm³/mol. The fourth-order valence-electron chi connectivity index (χ4n) is 9.09. The topological polar surface area (TPSA) is 74.8 Å². The number of carbonyl (C=O) groups is 2. The summed E-state index contributed by atoms with van der Waals surface area (Å²) in [6.07, 6.45) is 18.7. The van der Waals surface area contributed by atoms with E-state index in [2.05, 4.69) is 39.3 Å². The highest BCUT2D eigenvalue weighted by atomic mass is 32.2. The highest BCUT2D eigenvalue weighted by Gasteiger charge is 2.56. The fourth-order valence-corrected chi connectivity index (χ4v) is 10.4. The fraction of sp³-hybridized carbons (Fsp3) is 0.727. The van der Waals surface area contributed by atoms with Gasteiger partial charge >= 0.3 is 0 Å². The molecule has 6 aliphatic rings. The Morgan fingerprint density at radius 3 is 2.63 bits per heavy atom. The molecule has 1 aromatic heterocycles. The number of amides is 1. The molecule has 3 saturated carbocycles. The molecule has 0 bridgehead atoms. The van der Waals surface area contributed by atoms with Crippen molar-refractivity contribution in [2.75, 3.05) is 20.1 Å². The van der Waals surface area contributed by atoms with Crippen LogP contribution in [0.4, 0.5) is 0 Å². The normalized spacial score (nSPS) is 38.5. The lowest BCUT2D eigenvalue weighted by molar-refractivity contribution is -0.192. The van der Waals surface area contributed by atoms with Crippen LogP contribution in [-0.2, 0) is 20.1 Å². The van der Waals surface area contributed by atoms with Crippen LogP contribution in [0.2, 0.25) is 0 Å². The number of fused-ring (bicyclic) bond motifs is 3. The van der Waals surface area contributed by atoms with Gasteiger partial charge in [0.1, 0.15) is 0 Å². The summed E-state index contributed by atoms with van der Waals surface area (Å²) in [7, 11) is 2.17. The number of hydrogen-bond donors (Lipinski definition) is 1. The van der Waals surface area contributed by atoms with Gasteiger partial charge in [-0.15, -0.1) is 0 Å². The lowest BCUT2D eigenvalue weighted by atomic mass is 9.65. The Hall–Kier alpha value is -1.90. The van der Waals surface area contributed by atoms with E-state index in [1.165, 1.54) is 44.1 Å². The second kappa shape index (κ2) is 12.0. The Balaban J connectivity index is 1.11. The molecule has 2 saturated heterocycles. The summed E-state index contributed by atoms with van der Waals surface area (Å²) in [5.74, 6) is 2.11. The maximum Gasteiger partial charge on any atom is 0.256 e. The quantitative estimate of drug-likeness (QED) is 0.475. The molecule has 9 unspecified atom stereocenters. The zero-order valence-corrected chi connectivity index (χ0v) is 25.3. The van der Waals surface area contributed by atoms with Gasteiger partial charge in [-0.1, -0.05) is 25.7 Å². The molecule has 0 spiro atoms. The summed E-state index contributed by atoms with van der Waals surface area (Å²) in [5.41, 5.74) is 1.65. The molecule has 1 N–H and O–H groups in total. The lowest BCUT2D eigenvalue weighted by Gasteiger charge is -2.59. The molecular formula is C33H46N4O3S. The van der Waals surface area contributed by atoms with Gasteiger partial charge in [0.2, 0.25) is 0 Å². The van der Waals surface area contributed by atoms with Crippen LogP contribution >= 0.6 is 11.8 Å². The molecule has 222 valence electrons. The van der Waals surface area contributed by atoms with Crippen LogP contribution in [0.1, 0.15) is 76.2 Å². The molecule has 9 atom stereocenters. The first kappa shape index (κ1) is 27.9. The van der Waals surface area contributed by atoms with Crippen LogP contribution in [0.5, 0.6) is 0 Å². The van der Waals surface area contributed by atoms with Gasteiger partial charge in [-0.25, -0.2) is 0 Å². The van der Waals surface area contributed by atoms with Crippen molar-refractivity contribution >= 4 is 23.5 Å². The van der Waals surface area contributed by atoms with Gasteiger partial charge < -0.3 is 19.9 Å². The van der Waals surface area contributed by atoms with E-state index >= 15 is 0 Å². The third-order valence-corrected chi connectivity index (χ3v) is 12.6. The van der Waals surface area contributed by atoms with Crippen molar-refractivity contribution in [2.45, 2.75) is 112 Å². The minimum atomic E-state index is -0.180. The summed E-state index contributed by atoms with van der Waals surface area (Å²) in [5, 5.41) is 3.49. The first-order valence-electron chi connectivity index (χ1n) is 16.2. The van der Waals surface area contributed by atoms with Gasteiger partial charge in [-0.05, 0) is 88.1 Å². The number of aromatic nitrogens is 1. The number of likely N-dealkylation sites (tertiary alicyclic amines) is 1. The molecule has 0 radical (unpaired) electrons. The molecule has 1 aromatic rings. The number of rotatable bonds is 7. The molecule has 3 aliphatic carbocycles. The molecule has 7 rings (SSSR count). The van der Waals surface area contributed by atoms with Gasteiger partial charge in [0, 0.05) is 48.1 Å². The van der Waals surface area contributed by atoms with E-state index in [1.807, 2.05) is 30.4 Å². The number of ketones is 1. The molecule has 1 amide bonds. The Morgan fingerprint density at radius 1 is 1.05 bits per heavy atom. The van der Waals surface area contributed by atoms with Crippen LogP contribution in [0.15, 0.2) is 36.3 Å². The maximum absolute atomic E-state index is 14.1. The summed E-state index contributed by atoms with van der Waals surface area (Å²) in [6.45, 7) is 1.76. The summed E-state index contributed by atoms with van der Waals surface area (Å²) in [6, 6.07) is 5.02. The van der Waals surface area contributed by atoms with Crippen molar-refractivity contribution in [1.29, 1.82) is 0 Å². The number of thioether (sulfide) groups is 1. The highest BCUT2D eigenvalue weighted by molar-refractivity contribution is 7.99. The zero-order valence-electron chi connectivity index (χ0n) is 24.5. The maximum atomic E-state index is 14.1. The lowest BCUT2D eigenvalue weighted by Crippen LogP contribution is -2.68. The number of Topliss-reactive ketones (excluding diaryl/α,β-unsaturated/α-hetero) is 1. The van der Waals surface area contributed by atoms with Gasteiger partial charge in [0.25, 0.3) is 5.91 Å². The van der Waals surface area contributed by atoms with E-state index in [0.29, 0.717) is 23.4 Å². The smallest absolute Gasteiger partial charge is 0.256 e. The Kier molecular flexibility index (Phi) is 8.17. The second-order valence-electron chi connectivity index (χ2n) is 13.6. The van der Waals surface area contributed by atoms with Crippen LogP contribution in [0, 0.1) is 17.8 Å². The predicted octanol–water partition coefficient (Wildman–Crippen LogP) is 4.57. The number of morpholine rings is 1. The van der Waals surface area contributed by atoms with Crippen molar-refractivity contribution < 1.29 is 14.3 Å². The zero-order chi connectivity index (χ0) is 27.9. The van der Waals surface area contributed by atoms with Gasteiger partial charge in [-0.2, -0.15) is 11.8 Å². The minimum absolute atomic E-state index is 0.0364. The van der Waals surface area contributed by atoms with Gasteiger partial charge in [0.05, 0.1) is 29.9 Å². The van der Waals surface area contributed by atoms with Crippen molar-refractivity contribution in [3.63, 3.8) is 0 Å². The van der Waals surface area contributed by atoms with E-state index in [1.54, 1.807) is 0 Å². The van der Waals surface area contributed by atoms with E-state index in [-0.39, 0.29) is 41.9 Å². The van der Waals surface area contributed by atoms with Gasteiger partial charge in [0.15, 0.2) is 5.78 Å². The van der Waals surface area contributed by atoms with Crippen LogP contribution in [0.3, 0.4) is 0 Å². The number of ether oxygens (including phenoxy) is 1. The number of nitrogens with one attached hydrogen (secondary N) is 1. The molecule has 3 aliphatic heterocycles. The van der Waals surface area contributed by atoms with Crippen LogP contribution in [-0.4, -0.2) is 82.2 Å². The SMILES string of the molecule is CN1CCCC1CCNC(=O)C1=CN2C3CC4CCCCC4CC3OC3CC(SCc4ccncc4)CC(C1=O)C32. The monoisotopic (exact) mass is 578 g/mol. The molecule has 4 heterocycles. The Morgan fingerprint density at radius 2 is 1.85 bits per heavy atom. The third kappa shape index (κ3) is 5.61.